The normalized spacial score (nSPS) is 26.0. The van der Waals surface area contributed by atoms with Gasteiger partial charge in [0.15, 0.2) is 5.78 Å². The van der Waals surface area contributed by atoms with Gasteiger partial charge in [0.05, 0.1) is 5.57 Å². The van der Waals surface area contributed by atoms with Gasteiger partial charge in [0.25, 0.3) is 0 Å². The number of carbonyl (C=O) groups excluding carboxylic acids is 1. The maximum absolute atomic E-state index is 14.2. The van der Waals surface area contributed by atoms with E-state index in [0.29, 0.717) is 23.1 Å². The Hall–Kier alpha value is -2.73. The molecule has 2 atom stereocenters. The highest BCUT2D eigenvalue weighted by Crippen LogP contribution is 2.53. The molecule has 1 aromatic rings. The zero-order valence-corrected chi connectivity index (χ0v) is 14.5. The molecule has 3 heteroatoms. The summed E-state index contributed by atoms with van der Waals surface area (Å²) in [5.41, 5.74) is 3.35. The monoisotopic (exact) mass is 333 g/mol. The van der Waals surface area contributed by atoms with Crippen molar-refractivity contribution in [3.05, 3.63) is 77.2 Å². The Bertz CT molecular complexity index is 912. The average Bonchev–Trinajstić information content (AvgIpc) is 2.60. The van der Waals surface area contributed by atoms with E-state index in [0.717, 1.165) is 17.6 Å². The summed E-state index contributed by atoms with van der Waals surface area (Å²) in [5.74, 6) is -0.583. The van der Waals surface area contributed by atoms with Crippen molar-refractivity contribution in [3.8, 4) is 6.07 Å². The minimum atomic E-state index is -0.474. The van der Waals surface area contributed by atoms with E-state index in [2.05, 4.69) is 13.2 Å². The Morgan fingerprint density at radius 3 is 2.72 bits per heavy atom. The van der Waals surface area contributed by atoms with Crippen molar-refractivity contribution in [2.24, 2.45) is 11.3 Å². The van der Waals surface area contributed by atoms with Gasteiger partial charge in [0, 0.05) is 16.9 Å². The molecule has 0 N–H and O–H groups in total. The predicted molar refractivity (Wildman–Crippen MR) is 96.8 cm³/mol. The molecule has 0 aliphatic heterocycles. The number of fused-ring (bicyclic) bond motifs is 1. The van der Waals surface area contributed by atoms with Gasteiger partial charge < -0.3 is 0 Å². The van der Waals surface area contributed by atoms with Crippen molar-refractivity contribution >= 4 is 11.4 Å². The fourth-order valence-corrected chi connectivity index (χ4v) is 4.13. The molecule has 0 amide bonds. The van der Waals surface area contributed by atoms with Crippen molar-refractivity contribution in [1.29, 1.82) is 5.26 Å². The lowest BCUT2D eigenvalue weighted by Crippen LogP contribution is -2.38. The molecule has 1 aromatic carbocycles. The van der Waals surface area contributed by atoms with Crippen LogP contribution in [0.5, 0.6) is 0 Å². The minimum Gasteiger partial charge on any atom is -0.288 e. The highest BCUT2D eigenvalue weighted by molar-refractivity contribution is 6.12. The van der Waals surface area contributed by atoms with Crippen molar-refractivity contribution in [1.82, 2.24) is 0 Å². The first kappa shape index (κ1) is 17.1. The Morgan fingerprint density at radius 1 is 1.40 bits per heavy atom. The summed E-state index contributed by atoms with van der Waals surface area (Å²) in [5, 5.41) is 9.30. The van der Waals surface area contributed by atoms with E-state index in [-0.39, 0.29) is 23.1 Å². The number of halogens is 1. The van der Waals surface area contributed by atoms with Crippen molar-refractivity contribution in [2.45, 2.75) is 26.7 Å². The number of benzene rings is 1. The third kappa shape index (κ3) is 2.49. The quantitative estimate of drug-likeness (QED) is 0.701. The maximum atomic E-state index is 14.2. The smallest absolute Gasteiger partial charge is 0.198 e. The first-order valence-corrected chi connectivity index (χ1v) is 8.32. The SMILES string of the molecule is C=C(C1=C(C)[C@]2(C)C=C(C#N)C(=O)C(=C)[C@H]2CC1)c1ccccc1F. The van der Waals surface area contributed by atoms with Crippen LogP contribution >= 0.6 is 0 Å². The molecule has 0 saturated heterocycles. The topological polar surface area (TPSA) is 40.9 Å². The zero-order valence-electron chi connectivity index (χ0n) is 14.5. The minimum absolute atomic E-state index is 0.0331. The van der Waals surface area contributed by atoms with Gasteiger partial charge in [-0.15, -0.1) is 0 Å². The molecule has 126 valence electrons. The van der Waals surface area contributed by atoms with Gasteiger partial charge in [0.2, 0.25) is 0 Å². The predicted octanol–water partition coefficient (Wildman–Crippen LogP) is 5.16. The molecular weight excluding hydrogens is 313 g/mol. The maximum Gasteiger partial charge on any atom is 0.198 e. The number of rotatable bonds is 2. The summed E-state index contributed by atoms with van der Waals surface area (Å²) in [6, 6.07) is 8.60. The van der Waals surface area contributed by atoms with Gasteiger partial charge in [-0.1, -0.05) is 49.9 Å². The van der Waals surface area contributed by atoms with Crippen LogP contribution < -0.4 is 0 Å². The van der Waals surface area contributed by atoms with Crippen LogP contribution in [0.1, 0.15) is 32.3 Å². The molecule has 0 fully saturated rings. The highest BCUT2D eigenvalue weighted by atomic mass is 19.1. The Morgan fingerprint density at radius 2 is 2.08 bits per heavy atom. The lowest BCUT2D eigenvalue weighted by atomic mass is 9.57. The zero-order chi connectivity index (χ0) is 18.4. The van der Waals surface area contributed by atoms with E-state index in [1.54, 1.807) is 24.3 Å². The molecule has 2 nitrogen and oxygen atoms in total. The molecule has 0 aromatic heterocycles. The van der Waals surface area contributed by atoms with Gasteiger partial charge in [-0.25, -0.2) is 4.39 Å². The fraction of sp³-hybridized carbons (Fsp3) is 0.273. The van der Waals surface area contributed by atoms with Gasteiger partial charge in [-0.05, 0) is 42.6 Å². The van der Waals surface area contributed by atoms with Crippen LogP contribution in [0.3, 0.4) is 0 Å². The van der Waals surface area contributed by atoms with Crippen molar-refractivity contribution < 1.29 is 9.18 Å². The van der Waals surface area contributed by atoms with Crippen LogP contribution in [-0.4, -0.2) is 5.78 Å². The van der Waals surface area contributed by atoms with E-state index in [9.17, 15) is 14.4 Å². The van der Waals surface area contributed by atoms with Gasteiger partial charge in [-0.3, -0.25) is 4.79 Å². The van der Waals surface area contributed by atoms with Crippen LogP contribution in [0.25, 0.3) is 5.57 Å². The summed E-state index contributed by atoms with van der Waals surface area (Å²) in [4.78, 5) is 12.3. The summed E-state index contributed by atoms with van der Waals surface area (Å²) in [6.07, 6.45) is 3.20. The number of nitriles is 1. The number of ketones is 1. The first-order chi connectivity index (χ1) is 11.8. The lowest BCUT2D eigenvalue weighted by molar-refractivity contribution is -0.113. The second-order valence-corrected chi connectivity index (χ2v) is 6.96. The summed E-state index contributed by atoms with van der Waals surface area (Å²) in [7, 11) is 0. The molecule has 3 rings (SSSR count). The van der Waals surface area contributed by atoms with E-state index in [1.807, 2.05) is 19.9 Å². The van der Waals surface area contributed by atoms with Crippen molar-refractivity contribution in [2.75, 3.05) is 0 Å². The molecule has 0 spiro atoms. The van der Waals surface area contributed by atoms with Crippen LogP contribution in [-0.2, 0) is 4.79 Å². The molecule has 0 radical (unpaired) electrons. The van der Waals surface area contributed by atoms with Gasteiger partial charge in [-0.2, -0.15) is 5.26 Å². The van der Waals surface area contributed by atoms with E-state index in [4.69, 9.17) is 0 Å². The third-order valence-corrected chi connectivity index (χ3v) is 5.75. The highest BCUT2D eigenvalue weighted by Gasteiger charge is 2.46. The fourth-order valence-electron chi connectivity index (χ4n) is 4.13. The van der Waals surface area contributed by atoms with Gasteiger partial charge >= 0.3 is 0 Å². The number of hydrogen-bond acceptors (Lipinski definition) is 2. The molecule has 0 saturated carbocycles. The first-order valence-electron chi connectivity index (χ1n) is 8.32. The number of hydrogen-bond donors (Lipinski definition) is 0. The molecule has 2 aliphatic rings. The second kappa shape index (κ2) is 5.97. The molecular formula is C22H20FNO. The van der Waals surface area contributed by atoms with Crippen LogP contribution in [0.2, 0.25) is 0 Å². The van der Waals surface area contributed by atoms with Crippen LogP contribution in [0, 0.1) is 28.5 Å². The summed E-state index contributed by atoms with van der Waals surface area (Å²) in [6.45, 7) is 12.1. The number of carbonyl (C=O) groups is 1. The molecule has 2 aliphatic carbocycles. The standard InChI is InChI=1S/C22H20FNO/c1-13(18-7-5-6-8-20(18)23)17-9-10-19-14(2)21(25)16(12-24)11-22(19,4)15(17)3/h5-8,11,19H,1-2,9-10H2,3-4H3/t19-,22+/m1/s1. The Labute approximate surface area is 147 Å². The van der Waals surface area contributed by atoms with Crippen LogP contribution in [0.4, 0.5) is 4.39 Å². The van der Waals surface area contributed by atoms with E-state index < -0.39 is 5.41 Å². The molecule has 0 unspecified atom stereocenters. The lowest BCUT2D eigenvalue weighted by Gasteiger charge is -2.45. The second-order valence-electron chi connectivity index (χ2n) is 6.96. The summed E-state index contributed by atoms with van der Waals surface area (Å²) >= 11 is 0. The van der Waals surface area contributed by atoms with Gasteiger partial charge in [0.1, 0.15) is 11.9 Å². The Kier molecular flexibility index (Phi) is 4.08. The molecule has 0 heterocycles. The van der Waals surface area contributed by atoms with Crippen LogP contribution in [0.15, 0.2) is 65.8 Å². The average molecular weight is 333 g/mol. The number of Topliss-reactive ketones (excluding diaryl/α,β-unsaturated/α-hetero) is 1. The van der Waals surface area contributed by atoms with Crippen molar-refractivity contribution in [3.63, 3.8) is 0 Å². The molecule has 25 heavy (non-hydrogen) atoms. The van der Waals surface area contributed by atoms with E-state index >= 15 is 0 Å². The largest absolute Gasteiger partial charge is 0.288 e. The van der Waals surface area contributed by atoms with E-state index in [1.165, 1.54) is 6.07 Å². The summed E-state index contributed by atoms with van der Waals surface area (Å²) < 4.78 is 14.2. The third-order valence-electron chi connectivity index (χ3n) is 5.75. The number of nitrogens with zero attached hydrogens (tertiary/aromatic N) is 1. The Balaban J connectivity index is 2.14. The molecule has 0 bridgehead atoms. The number of allylic oxidation sites excluding steroid dienone is 6.